The number of aryl methyl sites for hydroxylation is 1. The van der Waals surface area contributed by atoms with Gasteiger partial charge in [-0.25, -0.2) is 8.42 Å². The summed E-state index contributed by atoms with van der Waals surface area (Å²) in [5.74, 6) is 0.661. The van der Waals surface area contributed by atoms with Crippen LogP contribution in [0, 0.1) is 5.92 Å². The van der Waals surface area contributed by atoms with Crippen molar-refractivity contribution in [3.8, 4) is 0 Å². The van der Waals surface area contributed by atoms with Gasteiger partial charge < -0.3 is 4.55 Å². The van der Waals surface area contributed by atoms with Gasteiger partial charge in [0.05, 0.1) is 4.90 Å². The van der Waals surface area contributed by atoms with E-state index in [1.807, 2.05) is 0 Å². The van der Waals surface area contributed by atoms with Crippen LogP contribution in [0.25, 0.3) is 0 Å². The predicted molar refractivity (Wildman–Crippen MR) is 66.8 cm³/mol. The van der Waals surface area contributed by atoms with E-state index >= 15 is 0 Å². The zero-order valence-corrected chi connectivity index (χ0v) is 14.2. The minimum Gasteiger partial charge on any atom is -0.744 e. The minimum atomic E-state index is -4.34. The van der Waals surface area contributed by atoms with Gasteiger partial charge in [0.1, 0.15) is 10.1 Å². The fourth-order valence-corrected chi connectivity index (χ4v) is 2.56. The Morgan fingerprint density at radius 1 is 1.17 bits per heavy atom. The van der Waals surface area contributed by atoms with Gasteiger partial charge in [-0.3, -0.25) is 0 Å². The van der Waals surface area contributed by atoms with E-state index in [1.54, 1.807) is 18.2 Å². The van der Waals surface area contributed by atoms with E-state index in [4.69, 9.17) is 0 Å². The molecular weight excluding hydrogens is 259 g/mol. The van der Waals surface area contributed by atoms with E-state index < -0.39 is 10.1 Å². The van der Waals surface area contributed by atoms with Crippen LogP contribution in [0.4, 0.5) is 0 Å². The normalized spacial score (nSPS) is 11.3. The van der Waals surface area contributed by atoms with Gasteiger partial charge in [0.15, 0.2) is 0 Å². The van der Waals surface area contributed by atoms with E-state index in [0.717, 1.165) is 19.3 Å². The summed E-state index contributed by atoms with van der Waals surface area (Å²) in [6.07, 6.45) is 3.77. The SMILES string of the molecule is CC(C)CCCCc1ccccc1S(=O)(=O)[O-].[Na+]. The first-order valence-corrected chi connectivity index (χ1v) is 7.36. The van der Waals surface area contributed by atoms with E-state index in [0.29, 0.717) is 17.9 Å². The molecular formula is C13H19NaO3S. The number of rotatable bonds is 6. The maximum atomic E-state index is 11.0. The molecule has 0 aromatic heterocycles. The maximum Gasteiger partial charge on any atom is 1.00 e. The first-order valence-electron chi connectivity index (χ1n) is 5.95. The molecule has 0 fully saturated rings. The zero-order valence-electron chi connectivity index (χ0n) is 11.3. The van der Waals surface area contributed by atoms with Crippen molar-refractivity contribution in [1.82, 2.24) is 0 Å². The molecule has 0 radical (unpaired) electrons. The van der Waals surface area contributed by atoms with Gasteiger partial charge in [0.25, 0.3) is 0 Å². The molecule has 0 aliphatic rings. The number of hydrogen-bond acceptors (Lipinski definition) is 3. The van der Waals surface area contributed by atoms with Crippen LogP contribution in [0.2, 0.25) is 0 Å². The molecule has 1 aromatic carbocycles. The molecule has 18 heavy (non-hydrogen) atoms. The molecule has 0 N–H and O–H groups in total. The second-order valence-corrected chi connectivity index (χ2v) is 6.05. The molecule has 5 heteroatoms. The van der Waals surface area contributed by atoms with Gasteiger partial charge in [-0.15, -0.1) is 0 Å². The van der Waals surface area contributed by atoms with Gasteiger partial charge in [-0.2, -0.15) is 0 Å². The fourth-order valence-electron chi connectivity index (χ4n) is 1.82. The smallest absolute Gasteiger partial charge is 0.744 e. The third-order valence-electron chi connectivity index (χ3n) is 2.72. The summed E-state index contributed by atoms with van der Waals surface area (Å²) < 4.78 is 33.1. The van der Waals surface area contributed by atoms with Crippen molar-refractivity contribution in [2.45, 2.75) is 44.4 Å². The van der Waals surface area contributed by atoms with Crippen LogP contribution in [0.3, 0.4) is 0 Å². The molecule has 0 spiro atoms. The monoisotopic (exact) mass is 278 g/mol. The molecule has 0 aliphatic heterocycles. The molecule has 0 bridgehead atoms. The molecule has 0 atom stereocenters. The van der Waals surface area contributed by atoms with Crippen molar-refractivity contribution in [3.05, 3.63) is 29.8 Å². The third-order valence-corrected chi connectivity index (χ3v) is 3.66. The Labute approximate surface area is 132 Å². The molecule has 1 rings (SSSR count). The molecule has 3 nitrogen and oxygen atoms in total. The van der Waals surface area contributed by atoms with Crippen molar-refractivity contribution in [2.75, 3.05) is 0 Å². The van der Waals surface area contributed by atoms with E-state index in [2.05, 4.69) is 13.8 Å². The Balaban J connectivity index is 0.00000289. The molecule has 0 amide bonds. The number of benzene rings is 1. The maximum absolute atomic E-state index is 11.0. The van der Waals surface area contributed by atoms with Gasteiger partial charge in [-0.1, -0.05) is 44.9 Å². The Hall–Kier alpha value is 0.130. The second-order valence-electron chi connectivity index (χ2n) is 4.70. The van der Waals surface area contributed by atoms with E-state index in [-0.39, 0.29) is 34.5 Å². The summed E-state index contributed by atoms with van der Waals surface area (Å²) in [4.78, 5) is -0.0652. The molecule has 96 valence electrons. The largest absolute Gasteiger partial charge is 1.00 e. The van der Waals surface area contributed by atoms with Crippen molar-refractivity contribution < 1.29 is 42.5 Å². The molecule has 0 saturated heterocycles. The number of hydrogen-bond donors (Lipinski definition) is 0. The Bertz CT molecular complexity index is 455. The van der Waals surface area contributed by atoms with Crippen LogP contribution < -0.4 is 29.6 Å². The zero-order chi connectivity index (χ0) is 12.9. The van der Waals surface area contributed by atoms with Gasteiger partial charge in [-0.05, 0) is 30.4 Å². The average molecular weight is 278 g/mol. The standard InChI is InChI=1S/C13H20O3S.Na/c1-11(2)7-3-4-8-12-9-5-6-10-13(12)17(14,15)16;/h5-6,9-11H,3-4,7-8H2,1-2H3,(H,14,15,16);/q;+1/p-1. The van der Waals surface area contributed by atoms with Crippen LogP contribution in [0.1, 0.15) is 38.7 Å². The molecule has 0 saturated carbocycles. The fraction of sp³-hybridized carbons (Fsp3) is 0.538. The summed E-state index contributed by atoms with van der Waals surface area (Å²) in [6, 6.07) is 6.47. The predicted octanol–water partition coefficient (Wildman–Crippen LogP) is -0.0365. The third kappa shape index (κ3) is 6.34. The summed E-state index contributed by atoms with van der Waals surface area (Å²) in [7, 11) is -4.34. The van der Waals surface area contributed by atoms with Crippen molar-refractivity contribution >= 4 is 10.1 Å². The van der Waals surface area contributed by atoms with Gasteiger partial charge >= 0.3 is 29.6 Å². The van der Waals surface area contributed by atoms with Crippen molar-refractivity contribution in [1.29, 1.82) is 0 Å². The first-order chi connectivity index (χ1) is 7.91. The van der Waals surface area contributed by atoms with Gasteiger partial charge in [0.2, 0.25) is 0 Å². The van der Waals surface area contributed by atoms with Crippen molar-refractivity contribution in [3.63, 3.8) is 0 Å². The summed E-state index contributed by atoms with van der Waals surface area (Å²) in [5, 5.41) is 0. The molecule has 0 heterocycles. The Morgan fingerprint density at radius 2 is 1.78 bits per heavy atom. The quantitative estimate of drug-likeness (QED) is 0.417. The molecule has 1 aromatic rings. The van der Waals surface area contributed by atoms with Crippen molar-refractivity contribution in [2.24, 2.45) is 5.92 Å². The summed E-state index contributed by atoms with van der Waals surface area (Å²) >= 11 is 0. The average Bonchev–Trinajstić information content (AvgIpc) is 2.23. The topological polar surface area (TPSA) is 57.2 Å². The van der Waals surface area contributed by atoms with E-state index in [9.17, 15) is 13.0 Å². The first kappa shape index (κ1) is 18.1. The Morgan fingerprint density at radius 3 is 2.33 bits per heavy atom. The van der Waals surface area contributed by atoms with Crippen LogP contribution >= 0.6 is 0 Å². The van der Waals surface area contributed by atoms with Crippen LogP contribution in [0.15, 0.2) is 29.2 Å². The van der Waals surface area contributed by atoms with Gasteiger partial charge in [0, 0.05) is 0 Å². The summed E-state index contributed by atoms with van der Waals surface area (Å²) in [6.45, 7) is 4.33. The minimum absolute atomic E-state index is 0. The summed E-state index contributed by atoms with van der Waals surface area (Å²) in [5.41, 5.74) is 0.645. The number of unbranched alkanes of at least 4 members (excludes halogenated alkanes) is 1. The van der Waals surface area contributed by atoms with E-state index in [1.165, 1.54) is 6.07 Å². The Kier molecular flexibility index (Phi) is 8.39. The second kappa shape index (κ2) is 8.33. The molecule has 0 aliphatic carbocycles. The van der Waals surface area contributed by atoms with Crippen LogP contribution in [0.5, 0.6) is 0 Å². The van der Waals surface area contributed by atoms with Crippen LogP contribution in [-0.4, -0.2) is 13.0 Å². The van der Waals surface area contributed by atoms with Crippen LogP contribution in [-0.2, 0) is 16.5 Å². The molecule has 0 unspecified atom stereocenters.